The highest BCUT2D eigenvalue weighted by atomic mass is 32.1. The van der Waals surface area contributed by atoms with Crippen molar-refractivity contribution in [3.8, 4) is 11.8 Å². The quantitative estimate of drug-likeness (QED) is 0.672. The summed E-state index contributed by atoms with van der Waals surface area (Å²) >= 11 is 5.34. The Morgan fingerprint density at radius 3 is 2.95 bits per heavy atom. The van der Waals surface area contributed by atoms with Gasteiger partial charge < -0.3 is 14.5 Å². The van der Waals surface area contributed by atoms with Crippen molar-refractivity contribution in [3.05, 3.63) is 60.1 Å². The van der Waals surface area contributed by atoms with Crippen LogP contribution in [0.3, 0.4) is 0 Å². The van der Waals surface area contributed by atoms with Crippen LogP contribution in [0.5, 0.6) is 5.75 Å². The predicted octanol–water partition coefficient (Wildman–Crippen LogP) is 3.81. The van der Waals surface area contributed by atoms with Crippen LogP contribution >= 0.6 is 12.2 Å². The van der Waals surface area contributed by atoms with Crippen LogP contribution in [-0.2, 0) is 0 Å². The Kier molecular flexibility index (Phi) is 4.75. The van der Waals surface area contributed by atoms with Gasteiger partial charge in [0.25, 0.3) is 0 Å². The number of rotatable bonds is 5. The summed E-state index contributed by atoms with van der Waals surface area (Å²) in [6.45, 7) is 5.78. The maximum atomic E-state index is 9.06. The van der Waals surface area contributed by atoms with Crippen LogP contribution in [0.25, 0.3) is 0 Å². The summed E-state index contributed by atoms with van der Waals surface area (Å²) in [7, 11) is 0. The molecule has 0 aliphatic rings. The molecule has 0 aliphatic heterocycles. The van der Waals surface area contributed by atoms with E-state index in [1.54, 1.807) is 30.5 Å². The van der Waals surface area contributed by atoms with Crippen LogP contribution in [0.15, 0.2) is 47.6 Å². The zero-order chi connectivity index (χ0) is 15.2. The van der Waals surface area contributed by atoms with Crippen LogP contribution in [0, 0.1) is 18.3 Å². The van der Waals surface area contributed by atoms with Crippen molar-refractivity contribution < 1.29 is 9.15 Å². The highest BCUT2D eigenvalue weighted by Crippen LogP contribution is 2.24. The second kappa shape index (κ2) is 6.73. The van der Waals surface area contributed by atoms with Gasteiger partial charge in [-0.15, -0.1) is 0 Å². The third-order valence-corrected chi connectivity index (χ3v) is 3.14. The van der Waals surface area contributed by atoms with Gasteiger partial charge in [0.15, 0.2) is 0 Å². The molecule has 0 unspecified atom stereocenters. The lowest BCUT2D eigenvalue weighted by Crippen LogP contribution is -2.11. The lowest BCUT2D eigenvalue weighted by Gasteiger charge is -2.11. The van der Waals surface area contributed by atoms with E-state index in [-0.39, 0.29) is 0 Å². The number of furan rings is 1. The van der Waals surface area contributed by atoms with Crippen LogP contribution in [0.1, 0.15) is 16.9 Å². The van der Waals surface area contributed by atoms with Crippen molar-refractivity contribution in [2.24, 2.45) is 0 Å². The summed E-state index contributed by atoms with van der Waals surface area (Å²) in [5, 5.41) is 12.2. The van der Waals surface area contributed by atoms with E-state index >= 15 is 0 Å². The zero-order valence-corrected chi connectivity index (χ0v) is 12.4. The first-order valence-corrected chi connectivity index (χ1v) is 6.70. The van der Waals surface area contributed by atoms with Gasteiger partial charge in [-0.3, -0.25) is 0 Å². The number of hydrogen-bond donors (Lipinski definition) is 1. The fourth-order valence-corrected chi connectivity index (χ4v) is 2.11. The molecule has 1 heterocycles. The third kappa shape index (κ3) is 3.50. The molecular weight excluding hydrogens is 284 g/mol. The number of hydrogen-bond acceptors (Lipinski definition) is 4. The standard InChI is InChI=1S/C16H14N2O2S/c1-3-7-20-15-9-13(5-4-12(15)10-17)18-16(21)14-6-8-19-11(14)2/h3-6,8-9H,1,7H2,2H3,(H,18,21). The molecule has 1 N–H and O–H groups in total. The van der Waals surface area contributed by atoms with Crippen molar-refractivity contribution in [1.82, 2.24) is 0 Å². The Morgan fingerprint density at radius 1 is 1.52 bits per heavy atom. The molecule has 4 nitrogen and oxygen atoms in total. The van der Waals surface area contributed by atoms with Crippen molar-refractivity contribution in [2.45, 2.75) is 6.92 Å². The van der Waals surface area contributed by atoms with E-state index in [9.17, 15) is 0 Å². The molecule has 0 fully saturated rings. The number of aryl methyl sites for hydroxylation is 1. The Balaban J connectivity index is 2.21. The predicted molar refractivity (Wildman–Crippen MR) is 85.6 cm³/mol. The van der Waals surface area contributed by atoms with E-state index in [4.69, 9.17) is 26.6 Å². The van der Waals surface area contributed by atoms with Crippen LogP contribution < -0.4 is 10.1 Å². The smallest absolute Gasteiger partial charge is 0.139 e. The minimum Gasteiger partial charge on any atom is -0.488 e. The van der Waals surface area contributed by atoms with Gasteiger partial charge in [-0.25, -0.2) is 0 Å². The molecule has 5 heteroatoms. The Labute approximate surface area is 128 Å². The summed E-state index contributed by atoms with van der Waals surface area (Å²) in [4.78, 5) is 0.556. The second-order valence-corrected chi connectivity index (χ2v) is 4.68. The van der Waals surface area contributed by atoms with Crippen molar-refractivity contribution in [3.63, 3.8) is 0 Å². The number of nitriles is 1. The number of nitrogens with zero attached hydrogens (tertiary/aromatic N) is 1. The first-order valence-electron chi connectivity index (χ1n) is 6.29. The maximum Gasteiger partial charge on any atom is 0.139 e. The van der Waals surface area contributed by atoms with Gasteiger partial charge in [0.2, 0.25) is 0 Å². The van der Waals surface area contributed by atoms with E-state index in [1.165, 1.54) is 0 Å². The number of nitrogens with one attached hydrogen (secondary N) is 1. The van der Waals surface area contributed by atoms with Crippen molar-refractivity contribution >= 4 is 22.9 Å². The van der Waals surface area contributed by atoms with Gasteiger partial charge in [-0.1, -0.05) is 24.9 Å². The Morgan fingerprint density at radius 2 is 2.33 bits per heavy atom. The first-order chi connectivity index (χ1) is 10.2. The maximum absolute atomic E-state index is 9.06. The topological polar surface area (TPSA) is 58.2 Å². The molecule has 0 saturated heterocycles. The van der Waals surface area contributed by atoms with Crippen LogP contribution in [-0.4, -0.2) is 11.6 Å². The molecule has 2 aromatic rings. The summed E-state index contributed by atoms with van der Waals surface area (Å²) in [5.74, 6) is 1.25. The van der Waals surface area contributed by atoms with Gasteiger partial charge in [0.1, 0.15) is 29.2 Å². The van der Waals surface area contributed by atoms with Gasteiger partial charge in [0.05, 0.1) is 17.4 Å². The number of anilines is 1. The normalized spacial score (nSPS) is 9.71. The average Bonchev–Trinajstić information content (AvgIpc) is 2.91. The summed E-state index contributed by atoms with van der Waals surface area (Å²) in [6, 6.07) is 9.10. The molecule has 1 aromatic heterocycles. The van der Waals surface area contributed by atoms with Gasteiger partial charge >= 0.3 is 0 Å². The van der Waals surface area contributed by atoms with E-state index in [2.05, 4.69) is 18.0 Å². The number of benzene rings is 1. The van der Waals surface area contributed by atoms with Crippen LogP contribution in [0.2, 0.25) is 0 Å². The average molecular weight is 298 g/mol. The molecule has 0 bridgehead atoms. The van der Waals surface area contributed by atoms with Crippen LogP contribution in [0.4, 0.5) is 5.69 Å². The molecule has 0 amide bonds. The summed E-state index contributed by atoms with van der Waals surface area (Å²) in [5.41, 5.74) is 2.05. The molecule has 0 atom stereocenters. The monoisotopic (exact) mass is 298 g/mol. The zero-order valence-electron chi connectivity index (χ0n) is 11.6. The highest BCUT2D eigenvalue weighted by Gasteiger charge is 2.10. The van der Waals surface area contributed by atoms with Crippen molar-refractivity contribution in [2.75, 3.05) is 11.9 Å². The molecule has 0 saturated carbocycles. The van der Waals surface area contributed by atoms with E-state index in [0.717, 1.165) is 17.0 Å². The van der Waals surface area contributed by atoms with Crippen molar-refractivity contribution in [1.29, 1.82) is 5.26 Å². The minimum absolute atomic E-state index is 0.337. The molecule has 0 spiro atoms. The lowest BCUT2D eigenvalue weighted by atomic mass is 10.2. The lowest BCUT2D eigenvalue weighted by molar-refractivity contribution is 0.362. The van der Waals surface area contributed by atoms with Gasteiger partial charge in [-0.05, 0) is 25.1 Å². The fraction of sp³-hybridized carbons (Fsp3) is 0.125. The molecule has 106 valence electrons. The van der Waals surface area contributed by atoms with Gasteiger partial charge in [0, 0.05) is 11.8 Å². The van der Waals surface area contributed by atoms with E-state index in [1.807, 2.05) is 13.0 Å². The number of thiocarbonyl (C=S) groups is 1. The molecule has 2 rings (SSSR count). The molecule has 0 radical (unpaired) electrons. The Bertz CT molecular complexity index is 713. The highest BCUT2D eigenvalue weighted by molar-refractivity contribution is 7.81. The Hall–Kier alpha value is -2.58. The van der Waals surface area contributed by atoms with E-state index in [0.29, 0.717) is 22.9 Å². The first kappa shape index (κ1) is 14.8. The number of ether oxygens (including phenoxy) is 1. The fourth-order valence-electron chi connectivity index (χ4n) is 1.78. The molecule has 1 aromatic carbocycles. The second-order valence-electron chi connectivity index (χ2n) is 4.27. The molecular formula is C16H14N2O2S. The van der Waals surface area contributed by atoms with Gasteiger partial charge in [-0.2, -0.15) is 5.26 Å². The largest absolute Gasteiger partial charge is 0.488 e. The summed E-state index contributed by atoms with van der Waals surface area (Å²) < 4.78 is 10.7. The molecule has 21 heavy (non-hydrogen) atoms. The van der Waals surface area contributed by atoms with E-state index < -0.39 is 0 Å². The minimum atomic E-state index is 0.337. The SMILES string of the molecule is C=CCOc1cc(NC(=S)c2ccoc2C)ccc1C#N. The third-order valence-electron chi connectivity index (χ3n) is 2.82. The molecule has 0 aliphatic carbocycles. The summed E-state index contributed by atoms with van der Waals surface area (Å²) in [6.07, 6.45) is 3.22.